The number of unbranched alkanes of at least 4 members (excludes halogenated alkanes) is 18. The summed E-state index contributed by atoms with van der Waals surface area (Å²) in [6, 6.07) is 0. The third kappa shape index (κ3) is 51.3. The molecule has 0 aromatic rings. The molecule has 0 radical (unpaired) electrons. The van der Waals surface area contributed by atoms with Crippen LogP contribution in [0.25, 0.3) is 0 Å². The first-order chi connectivity index (χ1) is 35.2. The molecule has 0 aliphatic heterocycles. The Labute approximate surface area is 438 Å². The summed E-state index contributed by atoms with van der Waals surface area (Å²) in [7, 11) is -4.78. The van der Waals surface area contributed by atoms with E-state index in [1.54, 1.807) is 0 Å². The molecule has 12 heteroatoms. The van der Waals surface area contributed by atoms with Gasteiger partial charge in [-0.05, 0) is 103 Å². The topological polar surface area (TPSA) is 155 Å². The lowest BCUT2D eigenvalue weighted by molar-refractivity contribution is -0.161. The fourth-order valence-electron chi connectivity index (χ4n) is 7.26. The molecule has 0 fully saturated rings. The lowest BCUT2D eigenvalue weighted by atomic mass is 10.1. The van der Waals surface area contributed by atoms with Crippen LogP contribution in [0.4, 0.5) is 0 Å². The normalized spacial score (nSPS) is 14.1. The Bertz CT molecular complexity index is 1580. The summed E-state index contributed by atoms with van der Waals surface area (Å²) in [5.41, 5.74) is 0. The van der Waals surface area contributed by atoms with Crippen LogP contribution in [0.5, 0.6) is 0 Å². The van der Waals surface area contributed by atoms with Crippen LogP contribution in [0.1, 0.15) is 226 Å². The number of carbonyl (C=O) groups excluding carboxylic acids is 3. The number of aliphatic hydroxyl groups excluding tert-OH is 1. The molecule has 11 nitrogen and oxygen atoms in total. The van der Waals surface area contributed by atoms with Crippen molar-refractivity contribution in [1.29, 1.82) is 0 Å². The van der Waals surface area contributed by atoms with E-state index < -0.39 is 57.8 Å². The van der Waals surface area contributed by atoms with Crippen molar-refractivity contribution in [3.8, 4) is 0 Å². The van der Waals surface area contributed by atoms with Crippen molar-refractivity contribution in [2.24, 2.45) is 0 Å². The number of aliphatic hydroxyl groups is 1. The molecular formula is C60H101O11P. The van der Waals surface area contributed by atoms with E-state index in [-0.39, 0.29) is 25.9 Å². The average Bonchev–Trinajstić information content (AvgIpc) is 3.37. The lowest BCUT2D eigenvalue weighted by Gasteiger charge is -2.21. The van der Waals surface area contributed by atoms with Gasteiger partial charge in [-0.25, -0.2) is 4.57 Å². The molecule has 0 amide bonds. The summed E-state index contributed by atoms with van der Waals surface area (Å²) in [4.78, 5) is 48.4. The summed E-state index contributed by atoms with van der Waals surface area (Å²) < 4.78 is 39.3. The SMILES string of the molecule is CC/C=C\C/C=C\C/C=C\C/C=C\CCC(=O)OC(COC(=O)CCCCCCCCCCC/C=C\CCCCCCCC)COP(=O)(O)OCC(CO)OC(=O)CCCCC/C=C\C/C=C\C/C=C\CC. The predicted molar refractivity (Wildman–Crippen MR) is 297 cm³/mol. The molecule has 0 spiro atoms. The van der Waals surface area contributed by atoms with E-state index in [1.807, 2.05) is 12.2 Å². The van der Waals surface area contributed by atoms with Gasteiger partial charge in [-0.2, -0.15) is 0 Å². The van der Waals surface area contributed by atoms with E-state index in [9.17, 15) is 28.9 Å². The molecule has 0 aliphatic rings. The summed E-state index contributed by atoms with van der Waals surface area (Å²) >= 11 is 0. The minimum Gasteiger partial charge on any atom is -0.462 e. The monoisotopic (exact) mass is 1030 g/mol. The Kier molecular flexibility index (Phi) is 51.0. The lowest BCUT2D eigenvalue weighted by Crippen LogP contribution is -2.30. The average molecular weight is 1030 g/mol. The van der Waals surface area contributed by atoms with Crippen LogP contribution in [0.3, 0.4) is 0 Å². The number of ether oxygens (including phenoxy) is 3. The number of allylic oxidation sites excluding steroid dienone is 16. The van der Waals surface area contributed by atoms with Crippen LogP contribution in [-0.2, 0) is 42.2 Å². The van der Waals surface area contributed by atoms with Gasteiger partial charge in [-0.1, -0.05) is 201 Å². The minimum absolute atomic E-state index is 0.0404. The molecule has 0 saturated heterocycles. The Hall–Kier alpha value is -3.60. The standard InChI is InChI=1S/C60H101O11P/c1-4-7-10-13-16-19-22-25-26-27-28-29-30-33-34-37-40-43-46-49-58(62)67-53-57(71-60(64)51-48-45-42-39-36-32-24-21-18-15-12-9-6-3)55-69-72(65,66)68-54-56(52-61)70-59(63)50-47-44-41-38-35-31-23-20-17-14-11-8-5-2/h8-9,11-12,17-18,20-21,25-26,31-32,35-36,42,45,56-57,61H,4-7,10,13-16,19,22-24,27-30,33-34,37-41,43-44,46-55H2,1-3H3,(H,65,66)/b11-8-,12-9-,20-17-,21-18-,26-25-,35-31-,36-32-,45-42-. The van der Waals surface area contributed by atoms with Crippen molar-refractivity contribution in [3.05, 3.63) is 97.2 Å². The van der Waals surface area contributed by atoms with Crippen molar-refractivity contribution >= 4 is 25.7 Å². The first-order valence-corrected chi connectivity index (χ1v) is 29.6. The number of phosphoric acid groups is 1. The minimum atomic E-state index is -4.78. The van der Waals surface area contributed by atoms with Gasteiger partial charge < -0.3 is 24.2 Å². The summed E-state index contributed by atoms with van der Waals surface area (Å²) in [6.45, 7) is 4.28. The van der Waals surface area contributed by atoms with Crippen molar-refractivity contribution < 1.29 is 52.2 Å². The van der Waals surface area contributed by atoms with Crippen LogP contribution in [0.2, 0.25) is 0 Å². The zero-order valence-electron chi connectivity index (χ0n) is 45.4. The molecule has 0 aromatic carbocycles. The van der Waals surface area contributed by atoms with E-state index in [0.717, 1.165) is 83.5 Å². The molecule has 2 N–H and O–H groups in total. The molecule has 0 heterocycles. The zero-order valence-corrected chi connectivity index (χ0v) is 46.3. The van der Waals surface area contributed by atoms with Crippen LogP contribution in [0.15, 0.2) is 97.2 Å². The second-order valence-corrected chi connectivity index (χ2v) is 19.8. The smallest absolute Gasteiger partial charge is 0.462 e. The Morgan fingerprint density at radius 3 is 1.22 bits per heavy atom. The Balaban J connectivity index is 4.78. The van der Waals surface area contributed by atoms with Gasteiger partial charge >= 0.3 is 25.7 Å². The first-order valence-electron chi connectivity index (χ1n) is 28.1. The third-order valence-electron chi connectivity index (χ3n) is 11.5. The molecule has 0 saturated carbocycles. The zero-order chi connectivity index (χ0) is 52.7. The number of phosphoric ester groups is 1. The maximum atomic E-state index is 12.9. The van der Waals surface area contributed by atoms with Gasteiger partial charge in [0, 0.05) is 19.3 Å². The molecular weight excluding hydrogens is 928 g/mol. The molecule has 72 heavy (non-hydrogen) atoms. The quantitative estimate of drug-likeness (QED) is 0.0197. The van der Waals surface area contributed by atoms with Crippen molar-refractivity contribution in [2.75, 3.05) is 26.4 Å². The van der Waals surface area contributed by atoms with Crippen LogP contribution < -0.4 is 0 Å². The van der Waals surface area contributed by atoms with Gasteiger partial charge in [0.1, 0.15) is 12.7 Å². The number of esters is 3. The highest BCUT2D eigenvalue weighted by Gasteiger charge is 2.28. The van der Waals surface area contributed by atoms with Gasteiger partial charge in [0.2, 0.25) is 0 Å². The van der Waals surface area contributed by atoms with Crippen molar-refractivity contribution in [3.63, 3.8) is 0 Å². The predicted octanol–water partition coefficient (Wildman–Crippen LogP) is 16.5. The van der Waals surface area contributed by atoms with Crippen LogP contribution in [-0.4, -0.2) is 66.5 Å². The van der Waals surface area contributed by atoms with Gasteiger partial charge in [-0.15, -0.1) is 0 Å². The highest BCUT2D eigenvalue weighted by molar-refractivity contribution is 7.47. The largest absolute Gasteiger partial charge is 0.472 e. The van der Waals surface area contributed by atoms with Crippen molar-refractivity contribution in [1.82, 2.24) is 0 Å². The van der Waals surface area contributed by atoms with Crippen LogP contribution in [0, 0.1) is 0 Å². The highest BCUT2D eigenvalue weighted by atomic mass is 31.2. The van der Waals surface area contributed by atoms with Gasteiger partial charge in [-0.3, -0.25) is 23.4 Å². The van der Waals surface area contributed by atoms with Gasteiger partial charge in [0.25, 0.3) is 0 Å². The third-order valence-corrected chi connectivity index (χ3v) is 12.4. The Morgan fingerprint density at radius 2 is 0.750 bits per heavy atom. The molecule has 3 atom stereocenters. The second kappa shape index (κ2) is 53.7. The summed E-state index contributed by atoms with van der Waals surface area (Å²) in [5, 5.41) is 9.78. The Morgan fingerprint density at radius 1 is 0.403 bits per heavy atom. The fourth-order valence-corrected chi connectivity index (χ4v) is 8.04. The van der Waals surface area contributed by atoms with Crippen LogP contribution >= 0.6 is 7.82 Å². The molecule has 0 aromatic heterocycles. The van der Waals surface area contributed by atoms with E-state index in [0.29, 0.717) is 19.3 Å². The highest BCUT2D eigenvalue weighted by Crippen LogP contribution is 2.43. The first kappa shape index (κ1) is 68.4. The molecule has 0 rings (SSSR count). The number of hydrogen-bond acceptors (Lipinski definition) is 10. The van der Waals surface area contributed by atoms with E-state index in [2.05, 4.69) is 106 Å². The summed E-state index contributed by atoms with van der Waals surface area (Å²) in [5.74, 6) is -1.60. The van der Waals surface area contributed by atoms with Gasteiger partial charge in [0.05, 0.1) is 19.8 Å². The molecule has 0 bridgehead atoms. The number of carbonyl (C=O) groups is 3. The van der Waals surface area contributed by atoms with Crippen molar-refractivity contribution in [2.45, 2.75) is 238 Å². The van der Waals surface area contributed by atoms with Gasteiger partial charge in [0.15, 0.2) is 6.10 Å². The summed E-state index contributed by atoms with van der Waals surface area (Å²) in [6.07, 6.45) is 62.6. The second-order valence-electron chi connectivity index (χ2n) is 18.3. The van der Waals surface area contributed by atoms with E-state index >= 15 is 0 Å². The maximum Gasteiger partial charge on any atom is 0.472 e. The molecule has 412 valence electrons. The number of rotatable bonds is 51. The molecule has 3 unspecified atom stereocenters. The maximum absolute atomic E-state index is 12.9. The van der Waals surface area contributed by atoms with E-state index in [1.165, 1.54) is 83.5 Å². The molecule has 0 aliphatic carbocycles. The fraction of sp³-hybridized carbons (Fsp3) is 0.683. The number of hydrogen-bond donors (Lipinski definition) is 2. The van der Waals surface area contributed by atoms with E-state index in [4.69, 9.17) is 23.3 Å².